The molecule has 3 rings (SSSR count). The van der Waals surface area contributed by atoms with Crippen LogP contribution in [0.4, 0.5) is 11.7 Å². The number of aromatic nitrogens is 2. The molecular weight excluding hydrogens is 344 g/mol. The van der Waals surface area contributed by atoms with E-state index in [4.69, 9.17) is 16.0 Å². The van der Waals surface area contributed by atoms with Crippen LogP contribution in [0.5, 0.6) is 0 Å². The number of benzene rings is 1. The number of halogens is 2. The molecule has 2 N–H and O–H groups in total. The van der Waals surface area contributed by atoms with Gasteiger partial charge in [0.1, 0.15) is 0 Å². The summed E-state index contributed by atoms with van der Waals surface area (Å²) < 4.78 is 6.43. The van der Waals surface area contributed by atoms with E-state index in [-0.39, 0.29) is 0 Å². The van der Waals surface area contributed by atoms with Gasteiger partial charge >= 0.3 is 6.01 Å². The quantitative estimate of drug-likeness (QED) is 0.852. The molecule has 1 aromatic heterocycles. The second-order valence-corrected chi connectivity index (χ2v) is 6.12. The van der Waals surface area contributed by atoms with Crippen molar-refractivity contribution in [1.82, 2.24) is 15.5 Å². The smallest absolute Gasteiger partial charge is 0.320 e. The molecule has 0 radical (unpaired) electrons. The average molecular weight is 358 g/mol. The van der Waals surface area contributed by atoms with Gasteiger partial charge in [0.2, 0.25) is 5.89 Å². The molecule has 2 aromatic rings. The van der Waals surface area contributed by atoms with E-state index in [0.717, 1.165) is 15.7 Å². The average Bonchev–Trinajstić information content (AvgIpc) is 3.14. The molecule has 20 heavy (non-hydrogen) atoms. The lowest BCUT2D eigenvalue weighted by Gasteiger charge is -2.07. The summed E-state index contributed by atoms with van der Waals surface area (Å²) in [7, 11) is 0. The summed E-state index contributed by atoms with van der Waals surface area (Å²) in [5, 5.41) is 15.0. The van der Waals surface area contributed by atoms with Gasteiger partial charge in [0, 0.05) is 15.5 Å². The highest BCUT2D eigenvalue weighted by Gasteiger charge is 2.21. The van der Waals surface area contributed by atoms with E-state index < -0.39 is 0 Å². The van der Waals surface area contributed by atoms with Crippen LogP contribution in [-0.2, 0) is 6.54 Å². The van der Waals surface area contributed by atoms with E-state index in [0.29, 0.717) is 29.5 Å². The van der Waals surface area contributed by atoms with Gasteiger partial charge in [-0.3, -0.25) is 0 Å². The minimum Gasteiger partial charge on any atom is -0.406 e. The molecule has 1 fully saturated rings. The van der Waals surface area contributed by atoms with Gasteiger partial charge in [-0.05, 0) is 53.4 Å². The fourth-order valence-corrected chi connectivity index (χ4v) is 2.47. The molecule has 5 nitrogen and oxygen atoms in total. The zero-order chi connectivity index (χ0) is 14.1. The third-order valence-corrected chi connectivity index (χ3v) is 4.14. The van der Waals surface area contributed by atoms with Crippen LogP contribution in [0.25, 0.3) is 0 Å². The van der Waals surface area contributed by atoms with Gasteiger partial charge in [-0.2, -0.15) is 0 Å². The number of hydrogen-bond donors (Lipinski definition) is 2. The molecule has 7 heteroatoms. The second kappa shape index (κ2) is 5.71. The molecule has 0 spiro atoms. The first-order valence-corrected chi connectivity index (χ1v) is 7.57. The van der Waals surface area contributed by atoms with E-state index >= 15 is 0 Å². The summed E-state index contributed by atoms with van der Waals surface area (Å²) in [6, 6.07) is 4.74. The van der Waals surface area contributed by atoms with Crippen LogP contribution in [0.1, 0.15) is 24.3 Å². The lowest BCUT2D eigenvalue weighted by atomic mass is 10.2. The van der Waals surface area contributed by atoms with Crippen LogP contribution in [0.3, 0.4) is 0 Å². The molecule has 1 aliphatic carbocycles. The number of hydrogen-bond acceptors (Lipinski definition) is 5. The van der Waals surface area contributed by atoms with Gasteiger partial charge in [-0.25, -0.2) is 0 Å². The first-order valence-electron chi connectivity index (χ1n) is 6.40. The predicted molar refractivity (Wildman–Crippen MR) is 81.3 cm³/mol. The zero-order valence-corrected chi connectivity index (χ0v) is 13.3. The van der Waals surface area contributed by atoms with Crippen molar-refractivity contribution in [2.75, 3.05) is 5.32 Å². The Kier molecular flexibility index (Phi) is 3.96. The SMILES string of the molecule is Cc1cc(Br)c(Nc2nnc(CNC3CC3)o2)cc1Cl. The van der Waals surface area contributed by atoms with Crippen molar-refractivity contribution in [2.45, 2.75) is 32.4 Å². The molecule has 1 heterocycles. The molecule has 0 amide bonds. The van der Waals surface area contributed by atoms with Gasteiger partial charge in [-0.1, -0.05) is 16.7 Å². The summed E-state index contributed by atoms with van der Waals surface area (Å²) in [6.07, 6.45) is 2.46. The monoisotopic (exact) mass is 356 g/mol. The van der Waals surface area contributed by atoms with Crippen LogP contribution >= 0.6 is 27.5 Å². The third-order valence-electron chi connectivity index (χ3n) is 3.08. The number of aryl methyl sites for hydroxylation is 1. The van der Waals surface area contributed by atoms with Crippen LogP contribution in [0, 0.1) is 6.92 Å². The maximum Gasteiger partial charge on any atom is 0.320 e. The lowest BCUT2D eigenvalue weighted by Crippen LogP contribution is -2.15. The summed E-state index contributed by atoms with van der Waals surface area (Å²) in [4.78, 5) is 0. The maximum atomic E-state index is 6.11. The predicted octanol–water partition coefficient (Wildman–Crippen LogP) is 3.79. The van der Waals surface area contributed by atoms with Crippen molar-refractivity contribution in [3.8, 4) is 0 Å². The van der Waals surface area contributed by atoms with Crippen molar-refractivity contribution >= 4 is 39.2 Å². The molecule has 106 valence electrons. The Bertz CT molecular complexity index is 627. The lowest BCUT2D eigenvalue weighted by molar-refractivity contribution is 0.478. The Morgan fingerprint density at radius 3 is 2.95 bits per heavy atom. The van der Waals surface area contributed by atoms with Crippen molar-refractivity contribution in [3.63, 3.8) is 0 Å². The fraction of sp³-hybridized carbons (Fsp3) is 0.385. The van der Waals surface area contributed by atoms with Crippen LogP contribution in [-0.4, -0.2) is 16.2 Å². The standard InChI is InChI=1S/C13H14BrClN4O/c1-7-4-9(14)11(5-10(7)15)17-13-19-18-12(20-13)6-16-8-2-3-8/h4-5,8,16H,2-3,6H2,1H3,(H,17,19). The van der Waals surface area contributed by atoms with Crippen LogP contribution < -0.4 is 10.6 Å². The minimum absolute atomic E-state index is 0.359. The van der Waals surface area contributed by atoms with Gasteiger partial charge in [-0.15, -0.1) is 5.10 Å². The first kappa shape index (κ1) is 13.9. The van der Waals surface area contributed by atoms with Gasteiger partial charge in [0.05, 0.1) is 12.2 Å². The summed E-state index contributed by atoms with van der Waals surface area (Å²) in [6.45, 7) is 2.56. The first-order chi connectivity index (χ1) is 9.61. The summed E-state index contributed by atoms with van der Waals surface area (Å²) >= 11 is 9.59. The van der Waals surface area contributed by atoms with Crippen molar-refractivity contribution in [1.29, 1.82) is 0 Å². The second-order valence-electron chi connectivity index (χ2n) is 4.86. The Morgan fingerprint density at radius 2 is 2.20 bits per heavy atom. The number of rotatable bonds is 5. The molecule has 0 unspecified atom stereocenters. The molecule has 0 saturated heterocycles. The van der Waals surface area contributed by atoms with E-state index in [1.54, 1.807) is 0 Å². The molecule has 1 aliphatic rings. The Morgan fingerprint density at radius 1 is 1.40 bits per heavy atom. The van der Waals surface area contributed by atoms with Crippen LogP contribution in [0.2, 0.25) is 5.02 Å². The number of nitrogens with one attached hydrogen (secondary N) is 2. The fourth-order valence-electron chi connectivity index (χ4n) is 1.75. The zero-order valence-electron chi connectivity index (χ0n) is 10.9. The highest BCUT2D eigenvalue weighted by Crippen LogP contribution is 2.31. The van der Waals surface area contributed by atoms with E-state index in [9.17, 15) is 0 Å². The maximum absolute atomic E-state index is 6.11. The van der Waals surface area contributed by atoms with Gasteiger partial charge < -0.3 is 15.1 Å². The summed E-state index contributed by atoms with van der Waals surface area (Å²) in [5.41, 5.74) is 1.80. The van der Waals surface area contributed by atoms with Crippen molar-refractivity contribution in [3.05, 3.63) is 33.1 Å². The third kappa shape index (κ3) is 3.31. The van der Waals surface area contributed by atoms with E-state index in [1.807, 2.05) is 19.1 Å². The molecule has 1 aromatic carbocycles. The van der Waals surface area contributed by atoms with Crippen molar-refractivity contribution < 1.29 is 4.42 Å². The normalized spacial score (nSPS) is 14.6. The Balaban J connectivity index is 1.69. The molecule has 0 atom stereocenters. The van der Waals surface area contributed by atoms with Gasteiger partial charge in [0.15, 0.2) is 0 Å². The highest BCUT2D eigenvalue weighted by atomic mass is 79.9. The Labute approximate surface area is 130 Å². The van der Waals surface area contributed by atoms with Gasteiger partial charge in [0.25, 0.3) is 0 Å². The number of nitrogens with zero attached hydrogens (tertiary/aromatic N) is 2. The van der Waals surface area contributed by atoms with E-state index in [1.165, 1.54) is 12.8 Å². The topological polar surface area (TPSA) is 63.0 Å². The number of anilines is 2. The molecular formula is C13H14BrClN4O. The Hall–Kier alpha value is -1.11. The highest BCUT2D eigenvalue weighted by molar-refractivity contribution is 9.10. The molecule has 0 aliphatic heterocycles. The largest absolute Gasteiger partial charge is 0.406 e. The van der Waals surface area contributed by atoms with Crippen LogP contribution in [0.15, 0.2) is 21.0 Å². The summed E-state index contributed by atoms with van der Waals surface area (Å²) in [5.74, 6) is 0.578. The van der Waals surface area contributed by atoms with E-state index in [2.05, 4.69) is 36.8 Å². The molecule has 0 bridgehead atoms. The van der Waals surface area contributed by atoms with Crippen molar-refractivity contribution in [2.24, 2.45) is 0 Å². The minimum atomic E-state index is 0.359. The molecule has 1 saturated carbocycles.